The first-order chi connectivity index (χ1) is 15.0. The summed E-state index contributed by atoms with van der Waals surface area (Å²) in [5, 5.41) is 0. The maximum absolute atomic E-state index is 12.8. The van der Waals surface area contributed by atoms with Gasteiger partial charge in [-0.1, -0.05) is 17.7 Å². The van der Waals surface area contributed by atoms with E-state index in [0.29, 0.717) is 19.5 Å². The van der Waals surface area contributed by atoms with Crippen molar-refractivity contribution in [1.82, 2.24) is 14.6 Å². The molecule has 1 aromatic heterocycles. The van der Waals surface area contributed by atoms with Crippen LogP contribution in [0, 0.1) is 12.8 Å². The molecule has 0 aliphatic carbocycles. The number of carbonyl (C=O) groups is 1. The Labute approximate surface area is 184 Å². The van der Waals surface area contributed by atoms with Crippen LogP contribution in [0.25, 0.3) is 0 Å². The Morgan fingerprint density at radius 2 is 1.94 bits per heavy atom. The zero-order valence-electron chi connectivity index (χ0n) is 17.4. The second-order valence-corrected chi connectivity index (χ2v) is 9.48. The fourth-order valence-corrected chi connectivity index (χ4v) is 4.49. The minimum Gasteiger partial charge on any atom is -0.468 e. The van der Waals surface area contributed by atoms with Gasteiger partial charge in [-0.05, 0) is 43.9 Å². The van der Waals surface area contributed by atoms with Gasteiger partial charge < -0.3 is 9.64 Å². The van der Waals surface area contributed by atoms with Crippen molar-refractivity contribution in [3.8, 4) is 5.88 Å². The van der Waals surface area contributed by atoms with Gasteiger partial charge in [0, 0.05) is 31.9 Å². The molecule has 0 unspecified atom stereocenters. The molecule has 1 fully saturated rings. The van der Waals surface area contributed by atoms with Gasteiger partial charge in [-0.2, -0.15) is 13.2 Å². The van der Waals surface area contributed by atoms with Crippen LogP contribution in [0.1, 0.15) is 28.8 Å². The number of halogens is 3. The standard InChI is InChI=1S/C21H24F3N3O4S/c1-15-4-7-18(8-5-15)32(29,30)26-11-16-3-2-10-27(13-16)20(28)17-6-9-19(25-12-17)31-14-21(22,23)24/h4-9,12,16,26H,2-3,10-11,13-14H2,1H3/t16-/m0/s1. The SMILES string of the molecule is Cc1ccc(S(=O)(=O)NC[C@@H]2CCCN(C(=O)c3ccc(OCC(F)(F)F)nc3)C2)cc1. The zero-order valence-corrected chi connectivity index (χ0v) is 18.2. The Morgan fingerprint density at radius 1 is 1.22 bits per heavy atom. The van der Waals surface area contributed by atoms with Gasteiger partial charge in [0.05, 0.1) is 10.5 Å². The molecule has 1 atom stereocenters. The molecule has 0 radical (unpaired) electrons. The Kier molecular flexibility index (Phi) is 7.40. The maximum Gasteiger partial charge on any atom is 0.422 e. The van der Waals surface area contributed by atoms with Crippen LogP contribution < -0.4 is 9.46 Å². The molecule has 0 spiro atoms. The van der Waals surface area contributed by atoms with Crippen molar-refractivity contribution in [2.24, 2.45) is 5.92 Å². The van der Waals surface area contributed by atoms with Gasteiger partial charge >= 0.3 is 6.18 Å². The lowest BCUT2D eigenvalue weighted by atomic mass is 9.98. The van der Waals surface area contributed by atoms with Crippen LogP contribution in [0.4, 0.5) is 13.2 Å². The lowest BCUT2D eigenvalue weighted by Crippen LogP contribution is -2.43. The number of amides is 1. The third-order valence-electron chi connectivity index (χ3n) is 5.07. The van der Waals surface area contributed by atoms with E-state index < -0.39 is 22.8 Å². The second-order valence-electron chi connectivity index (χ2n) is 7.71. The lowest BCUT2D eigenvalue weighted by Gasteiger charge is -2.32. The van der Waals surface area contributed by atoms with E-state index >= 15 is 0 Å². The third kappa shape index (κ3) is 6.67. The van der Waals surface area contributed by atoms with Gasteiger partial charge in [-0.15, -0.1) is 0 Å². The number of piperidine rings is 1. The number of carbonyl (C=O) groups excluding carboxylic acids is 1. The number of nitrogens with zero attached hydrogens (tertiary/aromatic N) is 2. The number of alkyl halides is 3. The van der Waals surface area contributed by atoms with Crippen molar-refractivity contribution in [3.63, 3.8) is 0 Å². The fraction of sp³-hybridized carbons (Fsp3) is 0.429. The molecule has 11 heteroatoms. The van der Waals surface area contributed by atoms with E-state index in [2.05, 4.69) is 14.4 Å². The van der Waals surface area contributed by atoms with E-state index in [1.807, 2.05) is 6.92 Å². The average Bonchev–Trinajstić information content (AvgIpc) is 2.76. The van der Waals surface area contributed by atoms with Crippen LogP contribution in [-0.4, -0.2) is 56.6 Å². The van der Waals surface area contributed by atoms with E-state index in [0.717, 1.165) is 12.0 Å². The quantitative estimate of drug-likeness (QED) is 0.670. The van der Waals surface area contributed by atoms with Gasteiger partial charge in [0.1, 0.15) is 0 Å². The molecule has 1 aliphatic heterocycles. The Morgan fingerprint density at radius 3 is 2.56 bits per heavy atom. The number of hydrogen-bond acceptors (Lipinski definition) is 5. The summed E-state index contributed by atoms with van der Waals surface area (Å²) < 4.78 is 68.8. The van der Waals surface area contributed by atoms with E-state index in [4.69, 9.17) is 0 Å². The Bertz CT molecular complexity index is 1030. The van der Waals surface area contributed by atoms with Crippen LogP contribution in [0.5, 0.6) is 5.88 Å². The number of pyridine rings is 1. The number of aromatic nitrogens is 1. The summed E-state index contributed by atoms with van der Waals surface area (Å²) in [7, 11) is -3.64. The monoisotopic (exact) mass is 471 g/mol. The summed E-state index contributed by atoms with van der Waals surface area (Å²) in [5.41, 5.74) is 1.19. The Balaban J connectivity index is 1.56. The highest BCUT2D eigenvalue weighted by atomic mass is 32.2. The minimum atomic E-state index is -4.47. The molecule has 2 aromatic rings. The molecule has 1 aliphatic rings. The zero-order chi connectivity index (χ0) is 23.4. The van der Waals surface area contributed by atoms with Crippen LogP contribution >= 0.6 is 0 Å². The highest BCUT2D eigenvalue weighted by molar-refractivity contribution is 7.89. The second kappa shape index (κ2) is 9.86. The van der Waals surface area contributed by atoms with Crippen molar-refractivity contribution in [2.45, 2.75) is 30.8 Å². The van der Waals surface area contributed by atoms with Crippen LogP contribution in [-0.2, 0) is 10.0 Å². The minimum absolute atomic E-state index is 0.0599. The molecule has 174 valence electrons. The predicted molar refractivity (Wildman–Crippen MR) is 111 cm³/mol. The van der Waals surface area contributed by atoms with Gasteiger partial charge in [0.2, 0.25) is 15.9 Å². The number of benzene rings is 1. The summed E-state index contributed by atoms with van der Waals surface area (Å²) in [4.78, 5) is 18.3. The summed E-state index contributed by atoms with van der Waals surface area (Å²) in [6, 6.07) is 9.12. The number of hydrogen-bond donors (Lipinski definition) is 1. The first-order valence-electron chi connectivity index (χ1n) is 10.0. The van der Waals surface area contributed by atoms with Gasteiger partial charge in [0.25, 0.3) is 5.91 Å². The Hall–Kier alpha value is -2.66. The van der Waals surface area contributed by atoms with Crippen molar-refractivity contribution in [2.75, 3.05) is 26.2 Å². The molecule has 1 amide bonds. The molecule has 1 N–H and O–H groups in total. The van der Waals surface area contributed by atoms with Crippen LogP contribution in [0.2, 0.25) is 0 Å². The summed E-state index contributed by atoms with van der Waals surface area (Å²) in [6.45, 7) is 1.48. The van der Waals surface area contributed by atoms with Crippen molar-refractivity contribution in [3.05, 3.63) is 53.7 Å². The molecular weight excluding hydrogens is 447 g/mol. The van der Waals surface area contributed by atoms with Gasteiger partial charge in [-0.3, -0.25) is 4.79 Å². The molecule has 1 saturated heterocycles. The molecule has 32 heavy (non-hydrogen) atoms. The van der Waals surface area contributed by atoms with Crippen molar-refractivity contribution < 1.29 is 31.1 Å². The number of rotatable bonds is 7. The van der Waals surface area contributed by atoms with E-state index in [1.54, 1.807) is 29.2 Å². The number of sulfonamides is 1. The van der Waals surface area contributed by atoms with Crippen LogP contribution in [0.3, 0.4) is 0 Å². The largest absolute Gasteiger partial charge is 0.468 e. The maximum atomic E-state index is 12.8. The number of likely N-dealkylation sites (tertiary alicyclic amines) is 1. The van der Waals surface area contributed by atoms with Gasteiger partial charge in [0.15, 0.2) is 6.61 Å². The van der Waals surface area contributed by atoms with Crippen LogP contribution in [0.15, 0.2) is 47.5 Å². The number of ether oxygens (including phenoxy) is 1. The lowest BCUT2D eigenvalue weighted by molar-refractivity contribution is -0.154. The molecule has 0 saturated carbocycles. The molecule has 3 rings (SSSR count). The number of nitrogens with one attached hydrogen (secondary N) is 1. The smallest absolute Gasteiger partial charge is 0.422 e. The normalized spacial score (nSPS) is 17.2. The van der Waals surface area contributed by atoms with Crippen molar-refractivity contribution >= 4 is 15.9 Å². The summed E-state index contributed by atoms with van der Waals surface area (Å²) in [5.74, 6) is -0.595. The fourth-order valence-electron chi connectivity index (χ4n) is 3.37. The first-order valence-corrected chi connectivity index (χ1v) is 11.5. The summed E-state index contributed by atoms with van der Waals surface area (Å²) >= 11 is 0. The molecule has 1 aromatic carbocycles. The molecular formula is C21H24F3N3O4S. The third-order valence-corrected chi connectivity index (χ3v) is 6.51. The number of aryl methyl sites for hydroxylation is 1. The predicted octanol–water partition coefficient (Wildman–Crippen LogP) is 3.16. The first kappa shape index (κ1) is 24.0. The molecule has 2 heterocycles. The highest BCUT2D eigenvalue weighted by Crippen LogP contribution is 2.21. The highest BCUT2D eigenvalue weighted by Gasteiger charge is 2.29. The van der Waals surface area contributed by atoms with E-state index in [1.165, 1.54) is 18.3 Å². The molecule has 7 nitrogen and oxygen atoms in total. The van der Waals surface area contributed by atoms with Crippen molar-refractivity contribution in [1.29, 1.82) is 0 Å². The molecule has 0 bridgehead atoms. The topological polar surface area (TPSA) is 88.6 Å². The van der Waals surface area contributed by atoms with Gasteiger partial charge in [-0.25, -0.2) is 18.1 Å². The van der Waals surface area contributed by atoms with E-state index in [9.17, 15) is 26.4 Å². The average molecular weight is 472 g/mol. The van der Waals surface area contributed by atoms with E-state index in [-0.39, 0.29) is 34.7 Å². The summed E-state index contributed by atoms with van der Waals surface area (Å²) in [6.07, 6.45) is -1.82.